The predicted molar refractivity (Wildman–Crippen MR) is 71.4 cm³/mol. The van der Waals surface area contributed by atoms with Gasteiger partial charge in [-0.25, -0.2) is 4.79 Å². The molecule has 0 amide bonds. The van der Waals surface area contributed by atoms with Crippen LogP contribution in [0, 0.1) is 6.92 Å². The van der Waals surface area contributed by atoms with Gasteiger partial charge in [-0.2, -0.15) is 0 Å². The van der Waals surface area contributed by atoms with Crippen molar-refractivity contribution in [1.82, 2.24) is 0 Å². The number of ether oxygens (including phenoxy) is 2. The van der Waals surface area contributed by atoms with Crippen LogP contribution in [0.5, 0.6) is 5.75 Å². The number of esters is 1. The summed E-state index contributed by atoms with van der Waals surface area (Å²) in [6.07, 6.45) is -0.336. The topological polar surface area (TPSA) is 35.5 Å². The maximum absolute atomic E-state index is 11.9. The van der Waals surface area contributed by atoms with Crippen LogP contribution in [0.1, 0.15) is 33.2 Å². The van der Waals surface area contributed by atoms with E-state index in [9.17, 15) is 4.79 Å². The Morgan fingerprint density at radius 1 is 1.16 bits per heavy atom. The third-order valence-corrected chi connectivity index (χ3v) is 3.33. The minimum atomic E-state index is -0.336. The van der Waals surface area contributed by atoms with Crippen LogP contribution in [0.15, 0.2) is 42.5 Å². The van der Waals surface area contributed by atoms with E-state index in [0.29, 0.717) is 5.56 Å². The number of hydrogen-bond donors (Lipinski definition) is 0. The van der Waals surface area contributed by atoms with Crippen molar-refractivity contribution in [3.8, 4) is 5.75 Å². The Morgan fingerprint density at radius 2 is 2.00 bits per heavy atom. The fourth-order valence-electron chi connectivity index (χ4n) is 2.37. The van der Waals surface area contributed by atoms with Gasteiger partial charge >= 0.3 is 5.97 Å². The molecule has 2 aromatic rings. The molecule has 2 aromatic carbocycles. The van der Waals surface area contributed by atoms with Crippen molar-refractivity contribution in [2.45, 2.75) is 13.0 Å². The van der Waals surface area contributed by atoms with Crippen molar-refractivity contribution < 1.29 is 14.3 Å². The number of fused-ring (bicyclic) bond motifs is 1. The number of cyclic esters (lactones) is 1. The molecule has 1 aliphatic heterocycles. The van der Waals surface area contributed by atoms with Crippen molar-refractivity contribution >= 4 is 5.97 Å². The van der Waals surface area contributed by atoms with Gasteiger partial charge in [-0.15, -0.1) is 0 Å². The highest BCUT2D eigenvalue weighted by Crippen LogP contribution is 2.37. The quantitative estimate of drug-likeness (QED) is 0.772. The zero-order valence-electron chi connectivity index (χ0n) is 10.8. The molecule has 0 N–H and O–H groups in total. The Labute approximate surface area is 111 Å². The Kier molecular flexibility index (Phi) is 2.75. The van der Waals surface area contributed by atoms with Gasteiger partial charge in [0.15, 0.2) is 6.10 Å². The number of benzene rings is 2. The molecule has 0 aliphatic carbocycles. The molecule has 0 fully saturated rings. The molecule has 1 unspecified atom stereocenters. The molecule has 19 heavy (non-hydrogen) atoms. The second-order valence-electron chi connectivity index (χ2n) is 4.65. The van der Waals surface area contributed by atoms with Gasteiger partial charge in [0.05, 0.1) is 12.7 Å². The summed E-state index contributed by atoms with van der Waals surface area (Å²) in [5.41, 5.74) is 3.62. The first-order valence-electron chi connectivity index (χ1n) is 6.14. The highest BCUT2D eigenvalue weighted by atomic mass is 16.5. The fourth-order valence-corrected chi connectivity index (χ4v) is 2.37. The van der Waals surface area contributed by atoms with E-state index >= 15 is 0 Å². The van der Waals surface area contributed by atoms with Crippen LogP contribution in [0.2, 0.25) is 0 Å². The maximum Gasteiger partial charge on any atom is 0.339 e. The molecule has 0 spiro atoms. The van der Waals surface area contributed by atoms with E-state index in [0.717, 1.165) is 22.4 Å². The zero-order chi connectivity index (χ0) is 13.4. The molecule has 0 aromatic heterocycles. The number of methoxy groups -OCH3 is 1. The molecule has 0 saturated heterocycles. The van der Waals surface area contributed by atoms with Gasteiger partial charge in [0.25, 0.3) is 0 Å². The predicted octanol–water partition coefficient (Wildman–Crippen LogP) is 3.26. The third kappa shape index (κ3) is 1.97. The van der Waals surface area contributed by atoms with Crippen LogP contribution < -0.4 is 4.74 Å². The third-order valence-electron chi connectivity index (χ3n) is 3.33. The molecule has 3 rings (SSSR count). The van der Waals surface area contributed by atoms with Gasteiger partial charge < -0.3 is 9.47 Å². The molecule has 1 aliphatic rings. The van der Waals surface area contributed by atoms with Crippen molar-refractivity contribution in [2.24, 2.45) is 0 Å². The molecule has 3 nitrogen and oxygen atoms in total. The summed E-state index contributed by atoms with van der Waals surface area (Å²) in [5.74, 6) is 0.498. The highest BCUT2D eigenvalue weighted by Gasteiger charge is 2.32. The average molecular weight is 254 g/mol. The molecule has 1 heterocycles. The van der Waals surface area contributed by atoms with E-state index in [2.05, 4.69) is 0 Å². The zero-order valence-corrected chi connectivity index (χ0v) is 10.8. The number of carbonyl (C=O) groups excluding carboxylic acids is 1. The largest absolute Gasteiger partial charge is 0.497 e. The summed E-state index contributed by atoms with van der Waals surface area (Å²) in [6, 6.07) is 13.4. The van der Waals surface area contributed by atoms with E-state index in [4.69, 9.17) is 9.47 Å². The van der Waals surface area contributed by atoms with Crippen LogP contribution in [-0.4, -0.2) is 13.1 Å². The first-order chi connectivity index (χ1) is 9.19. The Morgan fingerprint density at radius 3 is 2.79 bits per heavy atom. The van der Waals surface area contributed by atoms with Gasteiger partial charge in [-0.1, -0.05) is 29.8 Å². The van der Waals surface area contributed by atoms with Gasteiger partial charge in [-0.05, 0) is 25.1 Å². The van der Waals surface area contributed by atoms with Crippen LogP contribution in [0.4, 0.5) is 0 Å². The van der Waals surface area contributed by atoms with Crippen LogP contribution in [0.3, 0.4) is 0 Å². The average Bonchev–Trinajstić information content (AvgIpc) is 2.75. The number of aryl methyl sites for hydroxylation is 1. The van der Waals surface area contributed by atoms with Gasteiger partial charge in [0, 0.05) is 11.1 Å². The van der Waals surface area contributed by atoms with Gasteiger partial charge in [0.1, 0.15) is 5.75 Å². The fraction of sp³-hybridized carbons (Fsp3) is 0.188. The molecule has 0 radical (unpaired) electrons. The molecule has 0 bridgehead atoms. The summed E-state index contributed by atoms with van der Waals surface area (Å²) in [5, 5.41) is 0. The minimum Gasteiger partial charge on any atom is -0.497 e. The molecular weight excluding hydrogens is 240 g/mol. The maximum atomic E-state index is 11.9. The number of rotatable bonds is 2. The summed E-state index contributed by atoms with van der Waals surface area (Å²) >= 11 is 0. The van der Waals surface area contributed by atoms with Gasteiger partial charge in [-0.3, -0.25) is 0 Å². The first kappa shape index (κ1) is 11.8. The standard InChI is InChI=1S/C16H14O3/c1-10-6-7-13-14(8-10)15(19-16(13)17)11-4-3-5-12(9-11)18-2/h3-9,15H,1-2H3. The lowest BCUT2D eigenvalue weighted by atomic mass is 9.97. The summed E-state index contributed by atoms with van der Waals surface area (Å²) in [6.45, 7) is 2.01. The summed E-state index contributed by atoms with van der Waals surface area (Å²) in [4.78, 5) is 11.9. The lowest BCUT2D eigenvalue weighted by molar-refractivity contribution is 0.0455. The molecule has 3 heteroatoms. The van der Waals surface area contributed by atoms with E-state index in [-0.39, 0.29) is 12.1 Å². The Balaban J connectivity index is 2.08. The Bertz CT molecular complexity index is 646. The van der Waals surface area contributed by atoms with Crippen molar-refractivity contribution in [3.63, 3.8) is 0 Å². The molecule has 0 saturated carbocycles. The second-order valence-corrected chi connectivity index (χ2v) is 4.65. The van der Waals surface area contributed by atoms with Crippen molar-refractivity contribution in [2.75, 3.05) is 7.11 Å². The lowest BCUT2D eigenvalue weighted by Crippen LogP contribution is -2.01. The highest BCUT2D eigenvalue weighted by molar-refractivity contribution is 5.94. The normalized spacial score (nSPS) is 16.9. The van der Waals surface area contributed by atoms with Crippen LogP contribution >= 0.6 is 0 Å². The van der Waals surface area contributed by atoms with Gasteiger partial charge in [0.2, 0.25) is 0 Å². The molecular formula is C16H14O3. The smallest absolute Gasteiger partial charge is 0.339 e. The molecule has 1 atom stereocenters. The van der Waals surface area contributed by atoms with E-state index < -0.39 is 0 Å². The van der Waals surface area contributed by atoms with E-state index in [1.807, 2.05) is 49.4 Å². The van der Waals surface area contributed by atoms with Crippen molar-refractivity contribution in [1.29, 1.82) is 0 Å². The van der Waals surface area contributed by atoms with E-state index in [1.54, 1.807) is 7.11 Å². The second kappa shape index (κ2) is 4.43. The monoisotopic (exact) mass is 254 g/mol. The van der Waals surface area contributed by atoms with Crippen LogP contribution in [-0.2, 0) is 4.74 Å². The minimum absolute atomic E-state index is 0.261. The lowest BCUT2D eigenvalue weighted by Gasteiger charge is -2.12. The summed E-state index contributed by atoms with van der Waals surface area (Å²) in [7, 11) is 1.62. The van der Waals surface area contributed by atoms with E-state index in [1.165, 1.54) is 0 Å². The summed E-state index contributed by atoms with van der Waals surface area (Å²) < 4.78 is 10.7. The first-order valence-corrected chi connectivity index (χ1v) is 6.14. The Hall–Kier alpha value is -2.29. The molecule has 96 valence electrons. The number of hydrogen-bond acceptors (Lipinski definition) is 3. The number of carbonyl (C=O) groups is 1. The van der Waals surface area contributed by atoms with Crippen LogP contribution in [0.25, 0.3) is 0 Å². The SMILES string of the molecule is COc1cccc(C2OC(=O)c3ccc(C)cc32)c1. The van der Waals surface area contributed by atoms with Crippen molar-refractivity contribution in [3.05, 3.63) is 64.7 Å².